The summed E-state index contributed by atoms with van der Waals surface area (Å²) in [5.74, 6) is 0.260. The van der Waals surface area contributed by atoms with E-state index in [1.807, 2.05) is 11.9 Å². The van der Waals surface area contributed by atoms with E-state index in [4.69, 9.17) is 4.74 Å². The molecule has 2 heterocycles. The lowest BCUT2D eigenvalue weighted by Gasteiger charge is -2.30. The van der Waals surface area contributed by atoms with Gasteiger partial charge in [0.05, 0.1) is 19.8 Å². The van der Waals surface area contributed by atoms with Gasteiger partial charge in [-0.25, -0.2) is 0 Å². The lowest BCUT2D eigenvalue weighted by atomic mass is 10.2. The summed E-state index contributed by atoms with van der Waals surface area (Å²) in [5.41, 5.74) is 0. The number of hydrogen-bond acceptors (Lipinski definition) is 4. The molecule has 2 saturated heterocycles. The van der Waals surface area contributed by atoms with Crippen LogP contribution >= 0.6 is 0 Å². The van der Waals surface area contributed by atoms with Crippen molar-refractivity contribution >= 4 is 5.91 Å². The van der Waals surface area contributed by atoms with E-state index in [1.54, 1.807) is 0 Å². The second-order valence-electron chi connectivity index (χ2n) is 4.82. The second-order valence-corrected chi connectivity index (χ2v) is 4.82. The number of ether oxygens (including phenoxy) is 1. The molecular formula is C12H23N3O2. The summed E-state index contributed by atoms with van der Waals surface area (Å²) in [5, 5.41) is 3.21. The van der Waals surface area contributed by atoms with Crippen LogP contribution in [0.15, 0.2) is 0 Å². The summed E-state index contributed by atoms with van der Waals surface area (Å²) < 4.78 is 5.26. The number of carbonyl (C=O) groups is 1. The quantitative estimate of drug-likeness (QED) is 0.723. The summed E-state index contributed by atoms with van der Waals surface area (Å²) in [6, 6.07) is 0.532. The highest BCUT2D eigenvalue weighted by Gasteiger charge is 2.27. The van der Waals surface area contributed by atoms with Gasteiger partial charge in [0.1, 0.15) is 0 Å². The summed E-state index contributed by atoms with van der Waals surface area (Å²) in [4.78, 5) is 16.4. The summed E-state index contributed by atoms with van der Waals surface area (Å²) in [7, 11) is 1.97. The van der Waals surface area contributed by atoms with Gasteiger partial charge in [-0.3, -0.25) is 9.69 Å². The van der Waals surface area contributed by atoms with Crippen molar-refractivity contribution in [2.24, 2.45) is 0 Å². The molecule has 1 unspecified atom stereocenters. The third-order valence-corrected chi connectivity index (χ3v) is 3.64. The van der Waals surface area contributed by atoms with E-state index < -0.39 is 0 Å². The van der Waals surface area contributed by atoms with E-state index in [0.29, 0.717) is 25.8 Å². The summed E-state index contributed by atoms with van der Waals surface area (Å²) >= 11 is 0. The molecule has 1 atom stereocenters. The Balaban J connectivity index is 1.80. The minimum absolute atomic E-state index is 0.260. The van der Waals surface area contributed by atoms with Gasteiger partial charge in [-0.2, -0.15) is 0 Å². The van der Waals surface area contributed by atoms with Gasteiger partial charge >= 0.3 is 0 Å². The number of amides is 1. The van der Waals surface area contributed by atoms with Gasteiger partial charge < -0.3 is 15.0 Å². The van der Waals surface area contributed by atoms with Crippen LogP contribution in [0.25, 0.3) is 0 Å². The average molecular weight is 241 g/mol. The maximum absolute atomic E-state index is 12.1. The fraction of sp³-hybridized carbons (Fsp3) is 0.917. The molecule has 0 aromatic heterocycles. The van der Waals surface area contributed by atoms with Crippen LogP contribution in [0.3, 0.4) is 0 Å². The molecule has 0 aliphatic carbocycles. The van der Waals surface area contributed by atoms with E-state index in [-0.39, 0.29) is 5.91 Å². The highest BCUT2D eigenvalue weighted by Crippen LogP contribution is 2.16. The molecule has 0 radical (unpaired) electrons. The highest BCUT2D eigenvalue weighted by atomic mass is 16.5. The SMILES string of the molecule is CNCC1CCCN1CC(=O)N1CCOCC1. The Morgan fingerprint density at radius 3 is 2.82 bits per heavy atom. The molecule has 1 N–H and O–H groups in total. The number of rotatable bonds is 4. The predicted octanol–water partition coefficient (Wildman–Crippen LogP) is -0.471. The maximum atomic E-state index is 12.1. The molecule has 98 valence electrons. The molecular weight excluding hydrogens is 218 g/mol. The highest BCUT2D eigenvalue weighted by molar-refractivity contribution is 5.78. The van der Waals surface area contributed by atoms with Crippen molar-refractivity contribution in [3.63, 3.8) is 0 Å². The van der Waals surface area contributed by atoms with Gasteiger partial charge in [0.15, 0.2) is 0 Å². The third kappa shape index (κ3) is 3.40. The van der Waals surface area contributed by atoms with Crippen molar-refractivity contribution in [3.8, 4) is 0 Å². The lowest BCUT2D eigenvalue weighted by Crippen LogP contribution is -2.48. The molecule has 0 spiro atoms. The maximum Gasteiger partial charge on any atom is 0.236 e. The Hall–Kier alpha value is -0.650. The zero-order valence-electron chi connectivity index (χ0n) is 10.7. The Morgan fingerprint density at radius 1 is 1.35 bits per heavy atom. The number of likely N-dealkylation sites (tertiary alicyclic amines) is 1. The van der Waals surface area contributed by atoms with E-state index in [9.17, 15) is 4.79 Å². The van der Waals surface area contributed by atoms with Crippen LogP contribution in [-0.4, -0.2) is 74.7 Å². The van der Waals surface area contributed by atoms with Crippen LogP contribution < -0.4 is 5.32 Å². The van der Waals surface area contributed by atoms with E-state index in [0.717, 1.165) is 26.2 Å². The van der Waals surface area contributed by atoms with Crippen molar-refractivity contribution < 1.29 is 9.53 Å². The molecule has 1 amide bonds. The van der Waals surface area contributed by atoms with Gasteiger partial charge in [0, 0.05) is 25.7 Å². The third-order valence-electron chi connectivity index (χ3n) is 3.64. The summed E-state index contributed by atoms with van der Waals surface area (Å²) in [6.07, 6.45) is 2.42. The van der Waals surface area contributed by atoms with Crippen LogP contribution in [0.5, 0.6) is 0 Å². The fourth-order valence-corrected chi connectivity index (χ4v) is 2.66. The molecule has 0 bridgehead atoms. The van der Waals surface area contributed by atoms with Crippen LogP contribution in [0.2, 0.25) is 0 Å². The topological polar surface area (TPSA) is 44.8 Å². The number of hydrogen-bond donors (Lipinski definition) is 1. The Kier molecular flexibility index (Phi) is 4.76. The van der Waals surface area contributed by atoms with E-state index >= 15 is 0 Å². The first kappa shape index (κ1) is 12.8. The fourth-order valence-electron chi connectivity index (χ4n) is 2.66. The average Bonchev–Trinajstić information content (AvgIpc) is 2.78. The van der Waals surface area contributed by atoms with Crippen molar-refractivity contribution in [3.05, 3.63) is 0 Å². The Morgan fingerprint density at radius 2 is 2.12 bits per heavy atom. The standard InChI is InChI=1S/C12H23N3O2/c1-13-9-11-3-2-4-15(11)10-12(16)14-5-7-17-8-6-14/h11,13H,2-10H2,1H3. The predicted molar refractivity (Wildman–Crippen MR) is 65.9 cm³/mol. The number of nitrogens with zero attached hydrogens (tertiary/aromatic N) is 2. The van der Waals surface area contributed by atoms with Crippen molar-refractivity contribution in [1.29, 1.82) is 0 Å². The molecule has 0 saturated carbocycles. The molecule has 5 nitrogen and oxygen atoms in total. The monoisotopic (exact) mass is 241 g/mol. The number of carbonyl (C=O) groups excluding carboxylic acids is 1. The van der Waals surface area contributed by atoms with Crippen LogP contribution in [0.4, 0.5) is 0 Å². The van der Waals surface area contributed by atoms with Crippen molar-refractivity contribution in [1.82, 2.24) is 15.1 Å². The summed E-state index contributed by atoms with van der Waals surface area (Å²) in [6.45, 7) is 5.50. The molecule has 5 heteroatoms. The van der Waals surface area contributed by atoms with Gasteiger partial charge in [-0.1, -0.05) is 0 Å². The molecule has 2 rings (SSSR count). The van der Waals surface area contributed by atoms with Crippen LogP contribution in [-0.2, 0) is 9.53 Å². The van der Waals surface area contributed by atoms with Crippen LogP contribution in [0, 0.1) is 0 Å². The first-order chi connectivity index (χ1) is 8.31. The van der Waals surface area contributed by atoms with Crippen LogP contribution in [0.1, 0.15) is 12.8 Å². The normalized spacial score (nSPS) is 26.4. The Labute approximate surface area is 103 Å². The number of nitrogens with one attached hydrogen (secondary N) is 1. The molecule has 0 aromatic rings. The molecule has 2 aliphatic heterocycles. The van der Waals surface area contributed by atoms with Gasteiger partial charge in [-0.05, 0) is 26.4 Å². The van der Waals surface area contributed by atoms with Crippen molar-refractivity contribution in [2.75, 3.05) is 53.0 Å². The first-order valence-corrected chi connectivity index (χ1v) is 6.55. The van der Waals surface area contributed by atoms with E-state index in [2.05, 4.69) is 10.2 Å². The zero-order chi connectivity index (χ0) is 12.1. The second kappa shape index (κ2) is 6.33. The molecule has 0 aromatic carbocycles. The van der Waals surface area contributed by atoms with Gasteiger partial charge in [0.2, 0.25) is 5.91 Å². The lowest BCUT2D eigenvalue weighted by molar-refractivity contribution is -0.136. The molecule has 2 fully saturated rings. The Bertz CT molecular complexity index is 254. The first-order valence-electron chi connectivity index (χ1n) is 6.55. The van der Waals surface area contributed by atoms with Gasteiger partial charge in [-0.15, -0.1) is 0 Å². The minimum atomic E-state index is 0.260. The number of likely N-dealkylation sites (N-methyl/N-ethyl adjacent to an activating group) is 1. The van der Waals surface area contributed by atoms with Gasteiger partial charge in [0.25, 0.3) is 0 Å². The van der Waals surface area contributed by atoms with Crippen molar-refractivity contribution in [2.45, 2.75) is 18.9 Å². The zero-order valence-corrected chi connectivity index (χ0v) is 10.7. The smallest absolute Gasteiger partial charge is 0.236 e. The molecule has 17 heavy (non-hydrogen) atoms. The minimum Gasteiger partial charge on any atom is -0.378 e. The number of morpholine rings is 1. The van der Waals surface area contributed by atoms with E-state index in [1.165, 1.54) is 12.8 Å². The molecule has 2 aliphatic rings. The largest absolute Gasteiger partial charge is 0.378 e.